The third-order valence-corrected chi connectivity index (χ3v) is 7.15. The van der Waals surface area contributed by atoms with Crippen molar-refractivity contribution in [3.63, 3.8) is 0 Å². The molecule has 6 nitrogen and oxygen atoms in total. The molecule has 1 aliphatic rings. The highest BCUT2D eigenvalue weighted by Crippen LogP contribution is 2.42. The standard InChI is InChI=1S/C20H20BrClFNO5S/c1-29-5-4-24-20(26)15-7-12(11-2-3-11)6-13(18(15)23)10-30(27,28)17-9-14(21)8-16(22)19(17)25/h6-9,11,25H,2-5,10H2,1H3,(H,24,26). The number of ether oxygens (including phenoxy) is 1. The largest absolute Gasteiger partial charge is 0.505 e. The van der Waals surface area contributed by atoms with Gasteiger partial charge in [0.15, 0.2) is 15.6 Å². The molecule has 2 N–H and O–H groups in total. The van der Waals surface area contributed by atoms with Gasteiger partial charge in [-0.15, -0.1) is 0 Å². The molecule has 1 fully saturated rings. The van der Waals surface area contributed by atoms with Gasteiger partial charge in [0.1, 0.15) is 10.7 Å². The van der Waals surface area contributed by atoms with E-state index in [2.05, 4.69) is 21.2 Å². The van der Waals surface area contributed by atoms with Gasteiger partial charge in [0.25, 0.3) is 5.91 Å². The van der Waals surface area contributed by atoms with E-state index in [-0.39, 0.29) is 35.2 Å². The van der Waals surface area contributed by atoms with Crippen molar-refractivity contribution < 1.29 is 27.4 Å². The summed E-state index contributed by atoms with van der Waals surface area (Å²) < 4.78 is 46.3. The number of benzene rings is 2. The van der Waals surface area contributed by atoms with E-state index in [9.17, 15) is 18.3 Å². The Morgan fingerprint density at radius 3 is 2.67 bits per heavy atom. The number of nitrogens with one attached hydrogen (secondary N) is 1. The van der Waals surface area contributed by atoms with Gasteiger partial charge in [0, 0.05) is 23.7 Å². The average molecular weight is 521 g/mol. The molecular formula is C20H20BrClFNO5S. The van der Waals surface area contributed by atoms with Crippen molar-refractivity contribution in [1.82, 2.24) is 5.32 Å². The Morgan fingerprint density at radius 2 is 2.03 bits per heavy atom. The van der Waals surface area contributed by atoms with E-state index in [0.29, 0.717) is 4.47 Å². The van der Waals surface area contributed by atoms with Gasteiger partial charge in [-0.25, -0.2) is 12.8 Å². The highest BCUT2D eigenvalue weighted by atomic mass is 79.9. The van der Waals surface area contributed by atoms with Gasteiger partial charge in [0.05, 0.1) is 22.9 Å². The van der Waals surface area contributed by atoms with Crippen LogP contribution in [0.1, 0.15) is 40.2 Å². The van der Waals surface area contributed by atoms with Crippen molar-refractivity contribution in [3.05, 3.63) is 56.3 Å². The number of carbonyl (C=O) groups is 1. The zero-order valence-corrected chi connectivity index (χ0v) is 19.2. The second-order valence-electron chi connectivity index (χ2n) is 7.06. The summed E-state index contributed by atoms with van der Waals surface area (Å²) in [6.45, 7) is 0.459. The van der Waals surface area contributed by atoms with E-state index >= 15 is 4.39 Å². The van der Waals surface area contributed by atoms with Crippen LogP contribution >= 0.6 is 27.5 Å². The number of carbonyl (C=O) groups excluding carboxylic acids is 1. The van der Waals surface area contributed by atoms with Crippen molar-refractivity contribution in [2.24, 2.45) is 0 Å². The normalized spacial score (nSPS) is 14.0. The first-order chi connectivity index (χ1) is 14.1. The van der Waals surface area contributed by atoms with Gasteiger partial charge in [0.2, 0.25) is 0 Å². The summed E-state index contributed by atoms with van der Waals surface area (Å²) >= 11 is 9.02. The van der Waals surface area contributed by atoms with Crippen LogP contribution in [0.5, 0.6) is 5.75 Å². The second kappa shape index (κ2) is 9.21. The zero-order chi connectivity index (χ0) is 22.1. The minimum Gasteiger partial charge on any atom is -0.505 e. The zero-order valence-electron chi connectivity index (χ0n) is 16.0. The Hall–Kier alpha value is -1.68. The minimum atomic E-state index is -4.15. The van der Waals surface area contributed by atoms with E-state index in [1.165, 1.54) is 31.4 Å². The van der Waals surface area contributed by atoms with Crippen molar-refractivity contribution in [3.8, 4) is 5.75 Å². The predicted molar refractivity (Wildman–Crippen MR) is 114 cm³/mol. The molecule has 0 unspecified atom stereocenters. The highest BCUT2D eigenvalue weighted by Gasteiger charge is 2.30. The summed E-state index contributed by atoms with van der Waals surface area (Å²) in [5.74, 6) is -2.70. The molecule has 2 aromatic carbocycles. The van der Waals surface area contributed by atoms with Crippen LogP contribution in [0.4, 0.5) is 4.39 Å². The fourth-order valence-corrected chi connectivity index (χ4v) is 5.56. The molecule has 0 saturated heterocycles. The lowest BCUT2D eigenvalue weighted by molar-refractivity contribution is 0.0932. The Morgan fingerprint density at radius 1 is 1.33 bits per heavy atom. The molecule has 0 atom stereocenters. The Bertz CT molecular complexity index is 1090. The summed E-state index contributed by atoms with van der Waals surface area (Å²) in [7, 11) is -2.67. The molecule has 0 bridgehead atoms. The number of methoxy groups -OCH3 is 1. The third kappa shape index (κ3) is 5.14. The molecule has 0 aromatic heterocycles. The van der Waals surface area contributed by atoms with E-state index in [4.69, 9.17) is 16.3 Å². The molecule has 30 heavy (non-hydrogen) atoms. The molecule has 0 spiro atoms. The summed E-state index contributed by atoms with van der Waals surface area (Å²) in [4.78, 5) is 12.0. The molecule has 0 heterocycles. The molecule has 162 valence electrons. The number of amides is 1. The minimum absolute atomic E-state index is 0.133. The topological polar surface area (TPSA) is 92.7 Å². The van der Waals surface area contributed by atoms with Crippen LogP contribution in [-0.4, -0.2) is 39.7 Å². The van der Waals surface area contributed by atoms with Crippen molar-refractivity contribution in [2.45, 2.75) is 29.4 Å². The van der Waals surface area contributed by atoms with Gasteiger partial charge in [-0.05, 0) is 42.5 Å². The lowest BCUT2D eigenvalue weighted by atomic mass is 10.0. The quantitative estimate of drug-likeness (QED) is 0.510. The SMILES string of the molecule is COCCNC(=O)c1cc(C2CC2)cc(CS(=O)(=O)c2cc(Br)cc(Cl)c2O)c1F. The molecule has 3 rings (SSSR count). The van der Waals surface area contributed by atoms with Gasteiger partial charge >= 0.3 is 0 Å². The molecule has 0 aliphatic heterocycles. The summed E-state index contributed by atoms with van der Waals surface area (Å²) in [5.41, 5.74) is 0.374. The first kappa shape index (κ1) is 23.0. The Labute approximate surface area is 187 Å². The van der Waals surface area contributed by atoms with Crippen LogP contribution in [0.15, 0.2) is 33.6 Å². The van der Waals surface area contributed by atoms with Crippen LogP contribution in [-0.2, 0) is 20.3 Å². The Balaban J connectivity index is 2.00. The van der Waals surface area contributed by atoms with E-state index in [1.807, 2.05) is 0 Å². The molecule has 2 aromatic rings. The van der Waals surface area contributed by atoms with Crippen LogP contribution in [0.25, 0.3) is 0 Å². The summed E-state index contributed by atoms with van der Waals surface area (Å²) in [6, 6.07) is 5.51. The number of hydrogen-bond donors (Lipinski definition) is 2. The fraction of sp³-hybridized carbons (Fsp3) is 0.350. The maximum Gasteiger partial charge on any atom is 0.254 e. The maximum absolute atomic E-state index is 15.1. The van der Waals surface area contributed by atoms with Crippen molar-refractivity contribution in [2.75, 3.05) is 20.3 Å². The maximum atomic E-state index is 15.1. The number of phenolic OH excluding ortho intramolecular Hbond substituents is 1. The van der Waals surface area contributed by atoms with Crippen LogP contribution in [0.3, 0.4) is 0 Å². The van der Waals surface area contributed by atoms with E-state index in [1.54, 1.807) is 0 Å². The average Bonchev–Trinajstić information content (AvgIpc) is 3.51. The van der Waals surface area contributed by atoms with Crippen LogP contribution in [0.2, 0.25) is 5.02 Å². The van der Waals surface area contributed by atoms with Gasteiger partial charge < -0.3 is 15.2 Å². The molecule has 1 amide bonds. The van der Waals surface area contributed by atoms with Gasteiger partial charge in [-0.1, -0.05) is 33.6 Å². The predicted octanol–water partition coefficient (Wildman–Crippen LogP) is 4.17. The Kier molecular flexibility index (Phi) is 7.06. The number of aromatic hydroxyl groups is 1. The molecule has 1 saturated carbocycles. The lowest BCUT2D eigenvalue weighted by Gasteiger charge is -2.14. The van der Waals surface area contributed by atoms with Crippen LogP contribution in [0, 0.1) is 5.82 Å². The van der Waals surface area contributed by atoms with Gasteiger partial charge in [-0.2, -0.15) is 0 Å². The number of hydrogen-bond acceptors (Lipinski definition) is 5. The fourth-order valence-electron chi connectivity index (χ4n) is 3.06. The number of sulfone groups is 1. The lowest BCUT2D eigenvalue weighted by Crippen LogP contribution is -2.28. The highest BCUT2D eigenvalue weighted by molar-refractivity contribution is 9.10. The van der Waals surface area contributed by atoms with Crippen molar-refractivity contribution >= 4 is 43.3 Å². The second-order valence-corrected chi connectivity index (χ2v) is 10.3. The monoisotopic (exact) mass is 519 g/mol. The van der Waals surface area contributed by atoms with E-state index < -0.39 is 38.0 Å². The molecule has 0 radical (unpaired) electrons. The number of rotatable bonds is 8. The first-order valence-electron chi connectivity index (χ1n) is 9.14. The van der Waals surface area contributed by atoms with Crippen molar-refractivity contribution in [1.29, 1.82) is 0 Å². The summed E-state index contributed by atoms with van der Waals surface area (Å²) in [6.07, 6.45) is 1.79. The number of phenols is 1. The molecule has 1 aliphatic carbocycles. The molecular weight excluding hydrogens is 501 g/mol. The smallest absolute Gasteiger partial charge is 0.254 e. The number of halogens is 3. The van der Waals surface area contributed by atoms with E-state index in [0.717, 1.165) is 18.4 Å². The van der Waals surface area contributed by atoms with Gasteiger partial charge in [-0.3, -0.25) is 4.79 Å². The summed E-state index contributed by atoms with van der Waals surface area (Å²) in [5, 5.41) is 12.5. The first-order valence-corrected chi connectivity index (χ1v) is 12.0. The van der Waals surface area contributed by atoms with Crippen LogP contribution < -0.4 is 5.32 Å². The molecule has 10 heteroatoms. The third-order valence-electron chi connectivity index (χ3n) is 4.73.